The third-order valence-electron chi connectivity index (χ3n) is 4.09. The second kappa shape index (κ2) is 5.83. The van der Waals surface area contributed by atoms with E-state index in [0.717, 1.165) is 12.2 Å². The lowest BCUT2D eigenvalue weighted by molar-refractivity contribution is -0.173. The van der Waals surface area contributed by atoms with Crippen molar-refractivity contribution >= 4 is 17.7 Å². The van der Waals surface area contributed by atoms with Crippen LogP contribution < -0.4 is 0 Å². The lowest BCUT2D eigenvalue weighted by Crippen LogP contribution is -2.59. The fraction of sp³-hybridized carbons (Fsp3) is 0.929. The van der Waals surface area contributed by atoms with Crippen molar-refractivity contribution in [3.8, 4) is 0 Å². The van der Waals surface area contributed by atoms with Gasteiger partial charge in [0.1, 0.15) is 0 Å². The molecule has 0 aromatic carbocycles. The number of rotatable bonds is 4. The summed E-state index contributed by atoms with van der Waals surface area (Å²) in [6, 6.07) is 0. The van der Waals surface area contributed by atoms with Crippen LogP contribution in [0, 0.1) is 17.3 Å². The van der Waals surface area contributed by atoms with E-state index in [1.807, 2.05) is 13.8 Å². The lowest BCUT2D eigenvalue weighted by Gasteiger charge is -2.50. The fourth-order valence-electron chi connectivity index (χ4n) is 2.73. The van der Waals surface area contributed by atoms with Crippen LogP contribution in [0.4, 0.5) is 0 Å². The van der Waals surface area contributed by atoms with Gasteiger partial charge < -0.3 is 9.84 Å². The Labute approximate surface area is 115 Å². The standard InChI is InChI=1S/C14H26O3S/c1-6-17-12(15)11(10(2)3)14(16)9-18-8-7-13(14,4)5/h10-11,16H,6-9H2,1-5H3. The summed E-state index contributed by atoms with van der Waals surface area (Å²) in [5.41, 5.74) is -1.23. The topological polar surface area (TPSA) is 46.5 Å². The third-order valence-corrected chi connectivity index (χ3v) is 5.22. The minimum atomic E-state index is -0.976. The summed E-state index contributed by atoms with van der Waals surface area (Å²) >= 11 is 1.73. The summed E-state index contributed by atoms with van der Waals surface area (Å²) < 4.78 is 5.17. The molecule has 0 aliphatic carbocycles. The van der Waals surface area contributed by atoms with Crippen LogP contribution in [0.1, 0.15) is 41.0 Å². The van der Waals surface area contributed by atoms with Crippen molar-refractivity contribution in [2.45, 2.75) is 46.6 Å². The van der Waals surface area contributed by atoms with Gasteiger partial charge in [-0.3, -0.25) is 4.79 Å². The zero-order valence-corrected chi connectivity index (χ0v) is 13.0. The number of carbonyl (C=O) groups excluding carboxylic acids is 1. The molecule has 0 saturated carbocycles. The van der Waals surface area contributed by atoms with Gasteiger partial charge in [0.15, 0.2) is 0 Å². The molecule has 4 heteroatoms. The highest BCUT2D eigenvalue weighted by atomic mass is 32.2. The second-order valence-corrected chi connectivity index (χ2v) is 7.19. The molecule has 0 amide bonds. The molecule has 1 aliphatic heterocycles. The predicted molar refractivity (Wildman–Crippen MR) is 75.6 cm³/mol. The van der Waals surface area contributed by atoms with E-state index < -0.39 is 11.5 Å². The Morgan fingerprint density at radius 3 is 2.50 bits per heavy atom. The van der Waals surface area contributed by atoms with Gasteiger partial charge in [-0.25, -0.2) is 0 Å². The van der Waals surface area contributed by atoms with Crippen LogP contribution in [0.2, 0.25) is 0 Å². The normalized spacial score (nSPS) is 29.1. The molecule has 2 atom stereocenters. The van der Waals surface area contributed by atoms with E-state index >= 15 is 0 Å². The minimum absolute atomic E-state index is 0.0759. The van der Waals surface area contributed by atoms with E-state index in [-0.39, 0.29) is 17.3 Å². The number of thioether (sulfide) groups is 1. The van der Waals surface area contributed by atoms with Crippen LogP contribution in [0.15, 0.2) is 0 Å². The van der Waals surface area contributed by atoms with Gasteiger partial charge >= 0.3 is 5.97 Å². The average Bonchev–Trinajstić information content (AvgIpc) is 2.22. The third kappa shape index (κ3) is 2.85. The second-order valence-electron chi connectivity index (χ2n) is 6.08. The summed E-state index contributed by atoms with van der Waals surface area (Å²) in [6.07, 6.45) is 0.927. The molecule has 0 bridgehead atoms. The Kier molecular flexibility index (Phi) is 5.13. The summed E-state index contributed by atoms with van der Waals surface area (Å²) in [7, 11) is 0. The van der Waals surface area contributed by atoms with Crippen molar-refractivity contribution in [2.24, 2.45) is 17.3 Å². The van der Waals surface area contributed by atoms with Crippen LogP contribution in [0.3, 0.4) is 0 Å². The van der Waals surface area contributed by atoms with E-state index in [4.69, 9.17) is 4.74 Å². The number of hydrogen-bond acceptors (Lipinski definition) is 4. The predicted octanol–water partition coefficient (Wildman–Crippen LogP) is 2.72. The molecular formula is C14H26O3S. The summed E-state index contributed by atoms with van der Waals surface area (Å²) in [4.78, 5) is 12.2. The van der Waals surface area contributed by atoms with Gasteiger partial charge in [0.2, 0.25) is 0 Å². The molecule has 3 nitrogen and oxygen atoms in total. The number of ether oxygens (including phenoxy) is 1. The molecular weight excluding hydrogens is 248 g/mol. The molecule has 0 aromatic heterocycles. The van der Waals surface area contributed by atoms with Gasteiger partial charge in [-0.1, -0.05) is 27.7 Å². The quantitative estimate of drug-likeness (QED) is 0.801. The van der Waals surface area contributed by atoms with Crippen molar-refractivity contribution in [3.63, 3.8) is 0 Å². The van der Waals surface area contributed by atoms with Gasteiger partial charge in [-0.15, -0.1) is 0 Å². The maximum absolute atomic E-state index is 12.2. The van der Waals surface area contributed by atoms with Crippen LogP contribution in [-0.4, -0.2) is 34.8 Å². The molecule has 1 heterocycles. The maximum atomic E-state index is 12.2. The van der Waals surface area contributed by atoms with Crippen molar-refractivity contribution in [2.75, 3.05) is 18.1 Å². The number of carbonyl (C=O) groups is 1. The molecule has 18 heavy (non-hydrogen) atoms. The van der Waals surface area contributed by atoms with Crippen molar-refractivity contribution < 1.29 is 14.6 Å². The van der Waals surface area contributed by atoms with E-state index in [0.29, 0.717) is 12.4 Å². The molecule has 0 aromatic rings. The first-order valence-corrected chi connectivity index (χ1v) is 7.88. The highest BCUT2D eigenvalue weighted by molar-refractivity contribution is 7.99. The first kappa shape index (κ1) is 15.8. The van der Waals surface area contributed by atoms with Crippen LogP contribution >= 0.6 is 11.8 Å². The molecule has 0 spiro atoms. The van der Waals surface area contributed by atoms with Gasteiger partial charge in [-0.05, 0) is 30.4 Å². The summed E-state index contributed by atoms with van der Waals surface area (Å²) in [5, 5.41) is 11.1. The Bertz CT molecular complexity index is 301. The Balaban J connectivity index is 3.06. The molecule has 1 N–H and O–H groups in total. The Morgan fingerprint density at radius 2 is 2.06 bits per heavy atom. The highest BCUT2D eigenvalue weighted by Crippen LogP contribution is 2.48. The smallest absolute Gasteiger partial charge is 0.312 e. The van der Waals surface area contributed by atoms with Gasteiger partial charge in [0, 0.05) is 5.75 Å². The van der Waals surface area contributed by atoms with Crippen molar-refractivity contribution in [1.82, 2.24) is 0 Å². The molecule has 1 saturated heterocycles. The van der Waals surface area contributed by atoms with E-state index in [1.54, 1.807) is 18.7 Å². The monoisotopic (exact) mass is 274 g/mol. The van der Waals surface area contributed by atoms with Gasteiger partial charge in [0.25, 0.3) is 0 Å². The Hall–Kier alpha value is -0.220. The van der Waals surface area contributed by atoms with E-state index in [9.17, 15) is 9.90 Å². The van der Waals surface area contributed by atoms with Gasteiger partial charge in [0.05, 0.1) is 18.1 Å². The number of esters is 1. The first-order chi connectivity index (χ1) is 8.26. The Morgan fingerprint density at radius 1 is 1.44 bits per heavy atom. The van der Waals surface area contributed by atoms with Crippen LogP contribution in [-0.2, 0) is 9.53 Å². The maximum Gasteiger partial charge on any atom is 0.312 e. The molecule has 1 aliphatic rings. The summed E-state index contributed by atoms with van der Waals surface area (Å²) in [6.45, 7) is 10.2. The molecule has 106 valence electrons. The SMILES string of the molecule is CCOC(=O)C(C(C)C)C1(O)CSCCC1(C)C. The molecule has 0 radical (unpaired) electrons. The molecule has 2 unspecified atom stereocenters. The zero-order valence-electron chi connectivity index (χ0n) is 12.2. The highest BCUT2D eigenvalue weighted by Gasteiger charge is 2.54. The number of hydrogen-bond donors (Lipinski definition) is 1. The van der Waals surface area contributed by atoms with Crippen molar-refractivity contribution in [3.05, 3.63) is 0 Å². The largest absolute Gasteiger partial charge is 0.466 e. The van der Waals surface area contributed by atoms with E-state index in [2.05, 4.69) is 13.8 Å². The van der Waals surface area contributed by atoms with Crippen LogP contribution in [0.25, 0.3) is 0 Å². The van der Waals surface area contributed by atoms with Gasteiger partial charge in [-0.2, -0.15) is 11.8 Å². The van der Waals surface area contributed by atoms with Crippen LogP contribution in [0.5, 0.6) is 0 Å². The minimum Gasteiger partial charge on any atom is -0.466 e. The molecule has 1 fully saturated rings. The average molecular weight is 274 g/mol. The lowest BCUT2D eigenvalue weighted by atomic mass is 9.64. The van der Waals surface area contributed by atoms with Crippen molar-refractivity contribution in [1.29, 1.82) is 0 Å². The number of aliphatic hydroxyl groups is 1. The van der Waals surface area contributed by atoms with E-state index in [1.165, 1.54) is 0 Å². The molecule has 1 rings (SSSR count). The zero-order chi connectivity index (χ0) is 14.0. The first-order valence-electron chi connectivity index (χ1n) is 6.73. The summed E-state index contributed by atoms with van der Waals surface area (Å²) in [5.74, 6) is 1.03. The fourth-order valence-corrected chi connectivity index (χ4v) is 4.41.